The Hall–Kier alpha value is -0.670. The zero-order valence-corrected chi connectivity index (χ0v) is 10.1. The van der Waals surface area contributed by atoms with Crippen LogP contribution in [0.4, 0.5) is 0 Å². The number of thiophene rings is 1. The lowest BCUT2D eigenvalue weighted by Crippen LogP contribution is -1.83. The van der Waals surface area contributed by atoms with Crippen LogP contribution in [0.15, 0.2) is 22.4 Å². The Bertz CT molecular complexity index is 460. The van der Waals surface area contributed by atoms with Crippen molar-refractivity contribution in [2.45, 2.75) is 11.1 Å². The molecule has 2 aromatic rings. The van der Waals surface area contributed by atoms with Crippen molar-refractivity contribution in [3.8, 4) is 5.75 Å². The summed E-state index contributed by atoms with van der Waals surface area (Å²) in [5.74, 6) is 1.04. The first-order valence-corrected chi connectivity index (χ1v) is 6.42. The van der Waals surface area contributed by atoms with E-state index >= 15 is 0 Å². The van der Waals surface area contributed by atoms with Crippen LogP contribution in [0.25, 0.3) is 10.1 Å². The summed E-state index contributed by atoms with van der Waals surface area (Å²) < 4.78 is 8.03. The van der Waals surface area contributed by atoms with Gasteiger partial charge in [-0.2, -0.15) is 0 Å². The van der Waals surface area contributed by atoms with Gasteiger partial charge in [0.25, 0.3) is 0 Å². The van der Waals surface area contributed by atoms with Gasteiger partial charge in [-0.15, -0.1) is 23.1 Å². The second kappa shape index (κ2) is 3.83. The molecule has 0 spiro atoms. The number of hydrogen-bond acceptors (Lipinski definition) is 3. The van der Waals surface area contributed by atoms with Crippen molar-refractivity contribution < 1.29 is 4.74 Å². The van der Waals surface area contributed by atoms with Crippen molar-refractivity contribution in [2.24, 2.45) is 0 Å². The summed E-state index contributed by atoms with van der Waals surface area (Å²) in [6, 6.07) is 6.37. The number of aryl methyl sites for hydroxylation is 1. The van der Waals surface area contributed by atoms with E-state index < -0.39 is 0 Å². The predicted molar refractivity (Wildman–Crippen MR) is 64.9 cm³/mol. The molecule has 0 saturated carbocycles. The molecule has 2 rings (SSSR count). The fourth-order valence-electron chi connectivity index (χ4n) is 1.58. The second-order valence-corrected chi connectivity index (χ2v) is 5.20. The quantitative estimate of drug-likeness (QED) is 0.715. The normalized spacial score (nSPS) is 10.8. The van der Waals surface area contributed by atoms with Crippen LogP contribution in [0.2, 0.25) is 0 Å². The summed E-state index contributed by atoms with van der Waals surface area (Å²) in [6.45, 7) is 2.13. The Morgan fingerprint density at radius 3 is 2.79 bits per heavy atom. The van der Waals surface area contributed by atoms with Gasteiger partial charge in [0.15, 0.2) is 5.75 Å². The third kappa shape index (κ3) is 1.41. The van der Waals surface area contributed by atoms with E-state index in [1.807, 2.05) is 0 Å². The first kappa shape index (κ1) is 9.87. The first-order chi connectivity index (χ1) is 6.77. The molecule has 0 unspecified atom stereocenters. The van der Waals surface area contributed by atoms with Crippen molar-refractivity contribution in [1.82, 2.24) is 0 Å². The van der Waals surface area contributed by atoms with E-state index in [9.17, 15) is 0 Å². The second-order valence-electron chi connectivity index (χ2n) is 3.07. The largest absolute Gasteiger partial charge is 0.494 e. The molecule has 1 aromatic heterocycles. The molecule has 0 atom stereocenters. The van der Waals surface area contributed by atoms with Crippen molar-refractivity contribution in [3.63, 3.8) is 0 Å². The third-order valence-corrected chi connectivity index (χ3v) is 4.48. The molecule has 0 fully saturated rings. The van der Waals surface area contributed by atoms with Gasteiger partial charge in [0, 0.05) is 10.1 Å². The van der Waals surface area contributed by atoms with Gasteiger partial charge in [0.2, 0.25) is 0 Å². The Balaban J connectivity index is 2.81. The van der Waals surface area contributed by atoms with Gasteiger partial charge < -0.3 is 4.74 Å². The number of methoxy groups -OCH3 is 1. The molecule has 0 radical (unpaired) electrons. The SMILES string of the molecule is COc1c(SC)sc2cccc(C)c12. The average molecular weight is 224 g/mol. The van der Waals surface area contributed by atoms with E-state index in [-0.39, 0.29) is 0 Å². The Morgan fingerprint density at radius 1 is 1.36 bits per heavy atom. The molecule has 3 heteroatoms. The molecule has 0 N–H and O–H groups in total. The molecule has 1 heterocycles. The minimum absolute atomic E-state index is 1.04. The standard InChI is InChI=1S/C11H12OS2/c1-7-5-4-6-8-9(7)10(12-2)11(13-3)14-8/h4-6H,1-3H3. The van der Waals surface area contributed by atoms with Gasteiger partial charge in [0.1, 0.15) is 4.21 Å². The highest BCUT2D eigenvalue weighted by molar-refractivity contribution is 8.00. The third-order valence-electron chi connectivity index (χ3n) is 2.24. The summed E-state index contributed by atoms with van der Waals surface area (Å²) in [5, 5.41) is 1.27. The maximum atomic E-state index is 5.46. The average Bonchev–Trinajstić information content (AvgIpc) is 2.56. The van der Waals surface area contributed by atoms with Crippen LogP contribution in [0.1, 0.15) is 5.56 Å². The maximum absolute atomic E-state index is 5.46. The number of fused-ring (bicyclic) bond motifs is 1. The van der Waals surface area contributed by atoms with Crippen LogP contribution < -0.4 is 4.74 Å². The summed E-state index contributed by atoms with van der Waals surface area (Å²) in [4.78, 5) is 0. The molecule has 0 saturated heterocycles. The molecular weight excluding hydrogens is 212 g/mol. The monoisotopic (exact) mass is 224 g/mol. The number of rotatable bonds is 2. The van der Waals surface area contributed by atoms with E-state index in [1.165, 1.54) is 19.9 Å². The predicted octanol–water partition coefficient (Wildman–Crippen LogP) is 3.94. The molecule has 0 aliphatic rings. The lowest BCUT2D eigenvalue weighted by molar-refractivity contribution is 0.413. The van der Waals surface area contributed by atoms with Gasteiger partial charge in [-0.3, -0.25) is 0 Å². The Morgan fingerprint density at radius 2 is 2.14 bits per heavy atom. The lowest BCUT2D eigenvalue weighted by Gasteiger charge is -2.01. The summed E-state index contributed by atoms with van der Waals surface area (Å²) in [6.07, 6.45) is 2.09. The van der Waals surface area contributed by atoms with Gasteiger partial charge in [-0.25, -0.2) is 0 Å². The summed E-state index contributed by atoms with van der Waals surface area (Å²) >= 11 is 3.55. The fourth-order valence-corrected chi connectivity index (χ4v) is 3.54. The number of thioether (sulfide) groups is 1. The van der Waals surface area contributed by atoms with Crippen molar-refractivity contribution in [2.75, 3.05) is 13.4 Å². The molecule has 14 heavy (non-hydrogen) atoms. The number of benzene rings is 1. The number of ether oxygens (including phenoxy) is 1. The van der Waals surface area contributed by atoms with Crippen molar-refractivity contribution in [3.05, 3.63) is 23.8 Å². The highest BCUT2D eigenvalue weighted by atomic mass is 32.2. The topological polar surface area (TPSA) is 9.23 Å². The van der Waals surface area contributed by atoms with Gasteiger partial charge in [0.05, 0.1) is 7.11 Å². The number of hydrogen-bond donors (Lipinski definition) is 0. The van der Waals surface area contributed by atoms with Gasteiger partial charge in [-0.05, 0) is 24.8 Å². The minimum Gasteiger partial charge on any atom is -0.494 e. The highest BCUT2D eigenvalue weighted by Gasteiger charge is 2.13. The first-order valence-electron chi connectivity index (χ1n) is 4.38. The molecule has 0 bridgehead atoms. The molecule has 1 aromatic carbocycles. The maximum Gasteiger partial charge on any atom is 0.151 e. The Labute approximate surface area is 92.1 Å². The highest BCUT2D eigenvalue weighted by Crippen LogP contribution is 2.44. The van der Waals surface area contributed by atoms with E-state index in [2.05, 4.69) is 31.4 Å². The van der Waals surface area contributed by atoms with E-state index in [4.69, 9.17) is 4.74 Å². The molecule has 0 amide bonds. The molecule has 74 valence electrons. The molecule has 0 aliphatic carbocycles. The van der Waals surface area contributed by atoms with Crippen LogP contribution in [-0.2, 0) is 0 Å². The van der Waals surface area contributed by atoms with Crippen molar-refractivity contribution >= 4 is 33.2 Å². The van der Waals surface area contributed by atoms with Crippen molar-refractivity contribution in [1.29, 1.82) is 0 Å². The summed E-state index contributed by atoms with van der Waals surface area (Å²) in [7, 11) is 1.74. The minimum atomic E-state index is 1.04. The zero-order chi connectivity index (χ0) is 10.1. The fraction of sp³-hybridized carbons (Fsp3) is 0.273. The van der Waals surface area contributed by atoms with Crippen LogP contribution in [0, 0.1) is 6.92 Å². The van der Waals surface area contributed by atoms with E-state index in [1.54, 1.807) is 30.2 Å². The smallest absolute Gasteiger partial charge is 0.151 e. The van der Waals surface area contributed by atoms with Crippen LogP contribution in [0.3, 0.4) is 0 Å². The summed E-state index contributed by atoms with van der Waals surface area (Å²) in [5.41, 5.74) is 1.29. The molecular formula is C11H12OS2. The Kier molecular flexibility index (Phi) is 2.70. The molecule has 1 nitrogen and oxygen atoms in total. The van der Waals surface area contributed by atoms with Crippen LogP contribution in [0.5, 0.6) is 5.75 Å². The van der Waals surface area contributed by atoms with Gasteiger partial charge in [-0.1, -0.05) is 12.1 Å². The molecule has 0 aliphatic heterocycles. The van der Waals surface area contributed by atoms with Crippen LogP contribution in [-0.4, -0.2) is 13.4 Å². The zero-order valence-electron chi connectivity index (χ0n) is 8.46. The van der Waals surface area contributed by atoms with Crippen LogP contribution >= 0.6 is 23.1 Å². The lowest BCUT2D eigenvalue weighted by atomic mass is 10.1. The van der Waals surface area contributed by atoms with E-state index in [0.29, 0.717) is 0 Å². The van der Waals surface area contributed by atoms with Gasteiger partial charge >= 0.3 is 0 Å². The van der Waals surface area contributed by atoms with E-state index in [0.717, 1.165) is 5.75 Å².